The summed E-state index contributed by atoms with van der Waals surface area (Å²) in [5.41, 5.74) is 0.933. The fraction of sp³-hybridized carbons (Fsp3) is 0.368. The van der Waals surface area contributed by atoms with E-state index in [4.69, 9.17) is 4.42 Å². The number of furan rings is 1. The van der Waals surface area contributed by atoms with E-state index in [9.17, 15) is 14.0 Å². The molecule has 1 fully saturated rings. The summed E-state index contributed by atoms with van der Waals surface area (Å²) in [7, 11) is 0. The number of halogens is 1. The predicted octanol–water partition coefficient (Wildman–Crippen LogP) is 1.96. The number of urea groups is 1. The molecule has 2 N–H and O–H groups in total. The summed E-state index contributed by atoms with van der Waals surface area (Å²) in [6.07, 6.45) is 1.54. The smallest absolute Gasteiger partial charge is 0.318 e. The normalized spacial score (nSPS) is 15.3. The molecule has 8 heteroatoms. The first-order valence-electron chi connectivity index (χ1n) is 8.89. The third-order valence-corrected chi connectivity index (χ3v) is 4.51. The van der Waals surface area contributed by atoms with Crippen molar-refractivity contribution in [3.8, 4) is 0 Å². The molecule has 2 aromatic rings. The molecule has 27 heavy (non-hydrogen) atoms. The maximum absolute atomic E-state index is 13.0. The van der Waals surface area contributed by atoms with Crippen molar-refractivity contribution < 1.29 is 18.4 Å². The van der Waals surface area contributed by atoms with Crippen molar-refractivity contribution in [1.29, 1.82) is 0 Å². The third-order valence-electron chi connectivity index (χ3n) is 4.51. The van der Waals surface area contributed by atoms with Crippen LogP contribution >= 0.6 is 0 Å². The summed E-state index contributed by atoms with van der Waals surface area (Å²) in [5, 5.41) is 5.44. The SMILES string of the molecule is C[C@H](NC(=O)N1CCN(c2ccc(F)cc2)CC1)C(=O)NCc1ccco1. The van der Waals surface area contributed by atoms with Gasteiger partial charge in [0.2, 0.25) is 5.91 Å². The molecule has 1 saturated heterocycles. The minimum Gasteiger partial charge on any atom is -0.467 e. The van der Waals surface area contributed by atoms with Gasteiger partial charge in [-0.25, -0.2) is 9.18 Å². The molecule has 3 amide bonds. The Morgan fingerprint density at radius 3 is 2.48 bits per heavy atom. The Hall–Kier alpha value is -3.03. The van der Waals surface area contributed by atoms with Gasteiger partial charge in [-0.1, -0.05) is 0 Å². The molecule has 0 saturated carbocycles. The van der Waals surface area contributed by atoms with Gasteiger partial charge in [-0.05, 0) is 43.3 Å². The minimum absolute atomic E-state index is 0.268. The molecule has 3 rings (SSSR count). The zero-order chi connectivity index (χ0) is 19.2. The van der Waals surface area contributed by atoms with Crippen molar-refractivity contribution >= 4 is 17.6 Å². The number of carbonyl (C=O) groups is 2. The number of hydrogen-bond donors (Lipinski definition) is 2. The number of anilines is 1. The number of rotatable bonds is 5. The van der Waals surface area contributed by atoms with Crippen LogP contribution in [-0.4, -0.2) is 49.1 Å². The first-order valence-corrected chi connectivity index (χ1v) is 8.89. The quantitative estimate of drug-likeness (QED) is 0.839. The van der Waals surface area contributed by atoms with Gasteiger partial charge in [0.05, 0.1) is 12.8 Å². The topological polar surface area (TPSA) is 77.8 Å². The Balaban J connectivity index is 1.43. The molecule has 0 spiro atoms. The highest BCUT2D eigenvalue weighted by Gasteiger charge is 2.24. The molecule has 0 radical (unpaired) electrons. The molecule has 1 aliphatic heterocycles. The summed E-state index contributed by atoms with van der Waals surface area (Å²) in [6.45, 7) is 4.29. The van der Waals surface area contributed by atoms with Crippen LogP contribution in [-0.2, 0) is 11.3 Å². The molecule has 1 aromatic carbocycles. The molecule has 1 atom stereocenters. The zero-order valence-corrected chi connectivity index (χ0v) is 15.2. The van der Waals surface area contributed by atoms with E-state index < -0.39 is 6.04 Å². The molecular formula is C19H23FN4O3. The van der Waals surface area contributed by atoms with Gasteiger partial charge < -0.3 is 24.9 Å². The van der Waals surface area contributed by atoms with E-state index >= 15 is 0 Å². The van der Waals surface area contributed by atoms with Gasteiger partial charge in [-0.15, -0.1) is 0 Å². The van der Waals surface area contributed by atoms with Crippen LogP contribution in [0, 0.1) is 5.82 Å². The van der Waals surface area contributed by atoms with Crippen molar-refractivity contribution in [1.82, 2.24) is 15.5 Å². The van der Waals surface area contributed by atoms with E-state index in [1.54, 1.807) is 36.1 Å². The Labute approximate surface area is 157 Å². The van der Waals surface area contributed by atoms with Gasteiger partial charge in [0, 0.05) is 31.9 Å². The number of piperazine rings is 1. The van der Waals surface area contributed by atoms with Crippen molar-refractivity contribution in [2.75, 3.05) is 31.1 Å². The molecular weight excluding hydrogens is 351 g/mol. The van der Waals surface area contributed by atoms with Crippen LogP contribution < -0.4 is 15.5 Å². The summed E-state index contributed by atoms with van der Waals surface area (Å²) in [4.78, 5) is 28.3. The van der Waals surface area contributed by atoms with E-state index in [1.165, 1.54) is 18.4 Å². The van der Waals surface area contributed by atoms with Gasteiger partial charge in [-0.3, -0.25) is 4.79 Å². The molecule has 1 aromatic heterocycles. The Kier molecular flexibility index (Phi) is 5.95. The molecule has 2 heterocycles. The number of carbonyl (C=O) groups excluding carboxylic acids is 2. The first-order chi connectivity index (χ1) is 13.0. The molecule has 7 nitrogen and oxygen atoms in total. The average molecular weight is 374 g/mol. The molecule has 0 aliphatic carbocycles. The van der Waals surface area contributed by atoms with Gasteiger partial charge in [0.1, 0.15) is 17.6 Å². The monoisotopic (exact) mass is 374 g/mol. The van der Waals surface area contributed by atoms with Gasteiger partial charge >= 0.3 is 6.03 Å². The highest BCUT2D eigenvalue weighted by atomic mass is 19.1. The minimum atomic E-state index is -0.650. The number of benzene rings is 1. The fourth-order valence-corrected chi connectivity index (χ4v) is 2.90. The second-order valence-electron chi connectivity index (χ2n) is 6.42. The zero-order valence-electron chi connectivity index (χ0n) is 15.2. The van der Waals surface area contributed by atoms with E-state index in [2.05, 4.69) is 15.5 Å². The third kappa shape index (κ3) is 4.99. The molecule has 144 valence electrons. The van der Waals surface area contributed by atoms with Crippen LogP contribution in [0.25, 0.3) is 0 Å². The summed E-state index contributed by atoms with van der Waals surface area (Å²) in [5.74, 6) is 0.111. The maximum Gasteiger partial charge on any atom is 0.318 e. The van der Waals surface area contributed by atoms with E-state index in [-0.39, 0.29) is 24.3 Å². The Morgan fingerprint density at radius 2 is 1.85 bits per heavy atom. The highest BCUT2D eigenvalue weighted by molar-refractivity contribution is 5.86. The van der Waals surface area contributed by atoms with Crippen LogP contribution in [0.3, 0.4) is 0 Å². The van der Waals surface area contributed by atoms with Crippen molar-refractivity contribution in [2.24, 2.45) is 0 Å². The fourth-order valence-electron chi connectivity index (χ4n) is 2.90. The van der Waals surface area contributed by atoms with Crippen molar-refractivity contribution in [3.05, 3.63) is 54.2 Å². The van der Waals surface area contributed by atoms with Crippen LogP contribution in [0.15, 0.2) is 47.1 Å². The van der Waals surface area contributed by atoms with Gasteiger partial charge in [0.25, 0.3) is 0 Å². The van der Waals surface area contributed by atoms with E-state index in [1.807, 2.05) is 0 Å². The van der Waals surface area contributed by atoms with Crippen LogP contribution in [0.2, 0.25) is 0 Å². The highest BCUT2D eigenvalue weighted by Crippen LogP contribution is 2.16. The lowest BCUT2D eigenvalue weighted by atomic mass is 10.2. The van der Waals surface area contributed by atoms with Crippen LogP contribution in [0.1, 0.15) is 12.7 Å². The largest absolute Gasteiger partial charge is 0.467 e. The van der Waals surface area contributed by atoms with Gasteiger partial charge in [-0.2, -0.15) is 0 Å². The van der Waals surface area contributed by atoms with Gasteiger partial charge in [0.15, 0.2) is 0 Å². The van der Waals surface area contributed by atoms with Crippen molar-refractivity contribution in [3.63, 3.8) is 0 Å². The molecule has 1 aliphatic rings. The lowest BCUT2D eigenvalue weighted by Crippen LogP contribution is -2.55. The number of amides is 3. The summed E-state index contributed by atoms with van der Waals surface area (Å²) < 4.78 is 18.2. The lowest BCUT2D eigenvalue weighted by molar-refractivity contribution is -0.122. The van der Waals surface area contributed by atoms with E-state index in [0.717, 1.165) is 5.69 Å². The molecule has 0 unspecified atom stereocenters. The standard InChI is InChI=1S/C19H23FN4O3/c1-14(18(25)21-13-17-3-2-12-27-17)22-19(26)24-10-8-23(9-11-24)16-6-4-15(20)5-7-16/h2-7,12,14H,8-11,13H2,1H3,(H,21,25)(H,22,26)/t14-/m0/s1. The number of nitrogens with zero attached hydrogens (tertiary/aromatic N) is 2. The Morgan fingerprint density at radius 1 is 1.15 bits per heavy atom. The maximum atomic E-state index is 13.0. The second-order valence-corrected chi connectivity index (χ2v) is 6.42. The lowest BCUT2D eigenvalue weighted by Gasteiger charge is -2.36. The summed E-state index contributed by atoms with van der Waals surface area (Å²) in [6, 6.07) is 8.92. The van der Waals surface area contributed by atoms with E-state index in [0.29, 0.717) is 31.9 Å². The van der Waals surface area contributed by atoms with Crippen LogP contribution in [0.5, 0.6) is 0 Å². The average Bonchev–Trinajstić information content (AvgIpc) is 3.20. The number of nitrogens with one attached hydrogen (secondary N) is 2. The predicted molar refractivity (Wildman–Crippen MR) is 98.7 cm³/mol. The number of hydrogen-bond acceptors (Lipinski definition) is 4. The van der Waals surface area contributed by atoms with Crippen LogP contribution in [0.4, 0.5) is 14.9 Å². The Bertz CT molecular complexity index is 756. The first kappa shape index (κ1) is 18.8. The molecule has 0 bridgehead atoms. The van der Waals surface area contributed by atoms with Crippen molar-refractivity contribution in [2.45, 2.75) is 19.5 Å². The second kappa shape index (κ2) is 8.57. The summed E-state index contributed by atoms with van der Waals surface area (Å²) >= 11 is 0.